The van der Waals surface area contributed by atoms with Crippen molar-refractivity contribution < 1.29 is 27.5 Å². The molecule has 3 nitrogen and oxygen atoms in total. The maximum Gasteiger partial charge on any atom is 0.419 e. The largest absolute Gasteiger partial charge is 0.478 e. The molecular formula is C9H3F4NO2. The van der Waals surface area contributed by atoms with Crippen molar-refractivity contribution in [1.82, 2.24) is 0 Å². The lowest BCUT2D eigenvalue weighted by molar-refractivity contribution is -0.140. The van der Waals surface area contributed by atoms with Gasteiger partial charge >= 0.3 is 12.1 Å². The summed E-state index contributed by atoms with van der Waals surface area (Å²) in [4.78, 5) is 10.5. The van der Waals surface area contributed by atoms with Crippen molar-refractivity contribution in [2.45, 2.75) is 6.18 Å². The number of alkyl halides is 3. The summed E-state index contributed by atoms with van der Waals surface area (Å²) in [5.41, 5.74) is -3.50. The van der Waals surface area contributed by atoms with Crippen LogP contribution in [0.1, 0.15) is 21.5 Å². The van der Waals surface area contributed by atoms with Gasteiger partial charge in [-0.15, -0.1) is 0 Å². The van der Waals surface area contributed by atoms with E-state index in [0.717, 1.165) is 0 Å². The number of aromatic carboxylic acids is 1. The Morgan fingerprint density at radius 3 is 2.31 bits per heavy atom. The van der Waals surface area contributed by atoms with Gasteiger partial charge in [-0.1, -0.05) is 0 Å². The first kappa shape index (κ1) is 12.0. The molecule has 1 aromatic rings. The third kappa shape index (κ3) is 2.11. The summed E-state index contributed by atoms with van der Waals surface area (Å²) in [6.07, 6.45) is -5.04. The molecule has 0 unspecified atom stereocenters. The number of rotatable bonds is 1. The van der Waals surface area contributed by atoms with E-state index in [9.17, 15) is 22.4 Å². The molecule has 0 saturated heterocycles. The van der Waals surface area contributed by atoms with Crippen molar-refractivity contribution in [3.05, 3.63) is 34.6 Å². The maximum absolute atomic E-state index is 13.1. The molecule has 0 atom stereocenters. The number of hydrogen-bond acceptors (Lipinski definition) is 2. The van der Waals surface area contributed by atoms with Gasteiger partial charge in [0.05, 0.1) is 22.8 Å². The van der Waals surface area contributed by atoms with E-state index in [2.05, 4.69) is 0 Å². The van der Waals surface area contributed by atoms with Gasteiger partial charge in [0.25, 0.3) is 0 Å². The Hall–Kier alpha value is -2.10. The van der Waals surface area contributed by atoms with Crippen molar-refractivity contribution in [1.29, 1.82) is 5.26 Å². The van der Waals surface area contributed by atoms with Gasteiger partial charge in [0.1, 0.15) is 5.82 Å². The standard InChI is InChI=1S/C9H3F4NO2/c10-7-5(8(15)16)1-4(3-14)2-6(7)9(11,12)13/h1-2H,(H,15,16). The smallest absolute Gasteiger partial charge is 0.419 e. The second-order valence-corrected chi connectivity index (χ2v) is 2.80. The number of carboxylic acid groups (broad SMARTS) is 1. The lowest BCUT2D eigenvalue weighted by atomic mass is 10.0. The first-order valence-electron chi connectivity index (χ1n) is 3.81. The number of benzene rings is 1. The van der Waals surface area contributed by atoms with Crippen LogP contribution in [0.5, 0.6) is 0 Å². The Labute approximate surface area is 86.5 Å². The lowest BCUT2D eigenvalue weighted by Gasteiger charge is -2.09. The molecule has 0 aromatic heterocycles. The van der Waals surface area contributed by atoms with Crippen LogP contribution in [0.25, 0.3) is 0 Å². The molecule has 0 aliphatic carbocycles. The van der Waals surface area contributed by atoms with Crippen LogP contribution in [0.4, 0.5) is 17.6 Å². The van der Waals surface area contributed by atoms with Crippen LogP contribution in [-0.4, -0.2) is 11.1 Å². The molecule has 0 radical (unpaired) electrons. The van der Waals surface area contributed by atoms with E-state index in [0.29, 0.717) is 6.07 Å². The monoisotopic (exact) mass is 233 g/mol. The fourth-order valence-electron chi connectivity index (χ4n) is 1.05. The van der Waals surface area contributed by atoms with Gasteiger partial charge in [0.15, 0.2) is 0 Å². The predicted molar refractivity (Wildman–Crippen MR) is 43.1 cm³/mol. The van der Waals surface area contributed by atoms with Crippen molar-refractivity contribution in [2.75, 3.05) is 0 Å². The Bertz CT molecular complexity index is 488. The zero-order chi connectivity index (χ0) is 12.5. The third-order valence-electron chi connectivity index (χ3n) is 1.74. The average molecular weight is 233 g/mol. The van der Waals surface area contributed by atoms with E-state index in [4.69, 9.17) is 10.4 Å². The molecule has 1 aromatic carbocycles. The topological polar surface area (TPSA) is 61.1 Å². The molecule has 1 rings (SSSR count). The van der Waals surface area contributed by atoms with Crippen molar-refractivity contribution in [2.24, 2.45) is 0 Å². The fraction of sp³-hybridized carbons (Fsp3) is 0.111. The molecule has 0 spiro atoms. The molecule has 7 heteroatoms. The Morgan fingerprint density at radius 1 is 1.38 bits per heavy atom. The zero-order valence-corrected chi connectivity index (χ0v) is 7.47. The van der Waals surface area contributed by atoms with Gasteiger partial charge in [-0.2, -0.15) is 18.4 Å². The highest BCUT2D eigenvalue weighted by Crippen LogP contribution is 2.33. The summed E-state index contributed by atoms with van der Waals surface area (Å²) in [6, 6.07) is 2.15. The minimum absolute atomic E-state index is 0.266. The number of nitriles is 1. The number of hydrogen-bond donors (Lipinski definition) is 1. The predicted octanol–water partition coefficient (Wildman–Crippen LogP) is 2.41. The zero-order valence-electron chi connectivity index (χ0n) is 7.47. The first-order chi connectivity index (χ1) is 7.27. The summed E-state index contributed by atoms with van der Waals surface area (Å²) in [7, 11) is 0. The Morgan fingerprint density at radius 2 is 1.94 bits per heavy atom. The van der Waals surface area contributed by atoms with Crippen molar-refractivity contribution in [3.8, 4) is 6.07 Å². The minimum Gasteiger partial charge on any atom is -0.478 e. The van der Waals surface area contributed by atoms with E-state index >= 15 is 0 Å². The van der Waals surface area contributed by atoms with Crippen molar-refractivity contribution in [3.63, 3.8) is 0 Å². The summed E-state index contributed by atoms with van der Waals surface area (Å²) < 4.78 is 49.9. The molecule has 0 amide bonds. The molecule has 16 heavy (non-hydrogen) atoms. The molecular weight excluding hydrogens is 230 g/mol. The van der Waals surface area contributed by atoms with E-state index < -0.39 is 34.7 Å². The van der Waals surface area contributed by atoms with E-state index in [1.54, 1.807) is 0 Å². The number of carboxylic acids is 1. The summed E-state index contributed by atoms with van der Waals surface area (Å²) >= 11 is 0. The summed E-state index contributed by atoms with van der Waals surface area (Å²) in [6.45, 7) is 0. The van der Waals surface area contributed by atoms with Crippen LogP contribution in [0.3, 0.4) is 0 Å². The summed E-state index contributed by atoms with van der Waals surface area (Å²) in [5.74, 6) is -3.75. The average Bonchev–Trinajstić information content (AvgIpc) is 2.15. The second-order valence-electron chi connectivity index (χ2n) is 2.80. The molecule has 0 saturated carbocycles. The third-order valence-corrected chi connectivity index (χ3v) is 1.74. The van der Waals surface area contributed by atoms with Crippen LogP contribution in [0, 0.1) is 17.1 Å². The van der Waals surface area contributed by atoms with E-state index in [1.807, 2.05) is 0 Å². The van der Waals surface area contributed by atoms with Crippen LogP contribution in [0.15, 0.2) is 12.1 Å². The highest BCUT2D eigenvalue weighted by Gasteiger charge is 2.36. The van der Waals surface area contributed by atoms with Gasteiger partial charge < -0.3 is 5.11 Å². The molecule has 0 fully saturated rings. The Balaban J connectivity index is 3.58. The number of carbonyl (C=O) groups is 1. The highest BCUT2D eigenvalue weighted by atomic mass is 19.4. The maximum atomic E-state index is 13.1. The second kappa shape index (κ2) is 3.81. The van der Waals surface area contributed by atoms with Gasteiger partial charge in [-0.3, -0.25) is 0 Å². The normalized spacial score (nSPS) is 10.9. The van der Waals surface area contributed by atoms with E-state index in [-0.39, 0.29) is 6.07 Å². The molecule has 0 aliphatic heterocycles. The van der Waals surface area contributed by atoms with Gasteiger partial charge in [-0.05, 0) is 12.1 Å². The van der Waals surface area contributed by atoms with Gasteiger partial charge in [-0.25, -0.2) is 9.18 Å². The van der Waals surface area contributed by atoms with Crippen LogP contribution in [0.2, 0.25) is 0 Å². The van der Waals surface area contributed by atoms with E-state index in [1.165, 1.54) is 6.07 Å². The summed E-state index contributed by atoms with van der Waals surface area (Å²) in [5, 5.41) is 16.9. The molecule has 0 bridgehead atoms. The SMILES string of the molecule is N#Cc1cc(C(=O)O)c(F)c(C(F)(F)F)c1. The molecule has 84 valence electrons. The number of nitrogens with zero attached hydrogens (tertiary/aromatic N) is 1. The minimum atomic E-state index is -5.04. The van der Waals surface area contributed by atoms with Crippen LogP contribution < -0.4 is 0 Å². The quantitative estimate of drug-likeness (QED) is 0.757. The lowest BCUT2D eigenvalue weighted by Crippen LogP contribution is -2.13. The first-order valence-corrected chi connectivity index (χ1v) is 3.81. The van der Waals surface area contributed by atoms with Gasteiger partial charge in [0.2, 0.25) is 0 Å². The fourth-order valence-corrected chi connectivity index (χ4v) is 1.05. The Kier molecular flexibility index (Phi) is 2.85. The van der Waals surface area contributed by atoms with Gasteiger partial charge in [0, 0.05) is 0 Å². The number of halogens is 4. The highest BCUT2D eigenvalue weighted by molar-refractivity contribution is 5.88. The molecule has 0 aliphatic rings. The molecule has 0 heterocycles. The van der Waals surface area contributed by atoms with Crippen LogP contribution in [-0.2, 0) is 6.18 Å². The van der Waals surface area contributed by atoms with Crippen molar-refractivity contribution >= 4 is 5.97 Å². The van der Waals surface area contributed by atoms with Crippen LogP contribution >= 0.6 is 0 Å². The molecule has 1 N–H and O–H groups in total.